The van der Waals surface area contributed by atoms with Crippen molar-refractivity contribution in [3.05, 3.63) is 101 Å². The minimum Gasteiger partial charge on any atom is -0.309 e. The molecule has 0 radical (unpaired) electrons. The number of hydrogen-bond donors (Lipinski definition) is 0. The smallest absolute Gasteiger partial charge is 0.256 e. The van der Waals surface area contributed by atoms with Gasteiger partial charge >= 0.3 is 0 Å². The minimum absolute atomic E-state index is 0.158. The van der Waals surface area contributed by atoms with E-state index in [1.165, 1.54) is 16.4 Å². The largest absolute Gasteiger partial charge is 0.309 e. The van der Waals surface area contributed by atoms with Crippen LogP contribution in [0, 0.1) is 12.7 Å². The maximum absolute atomic E-state index is 14.0. The Morgan fingerprint density at radius 1 is 0.968 bits per heavy atom. The van der Waals surface area contributed by atoms with E-state index in [9.17, 15) is 17.6 Å². The first-order chi connectivity index (χ1) is 14.8. The van der Waals surface area contributed by atoms with Crippen molar-refractivity contribution in [2.45, 2.75) is 30.4 Å². The van der Waals surface area contributed by atoms with Crippen molar-refractivity contribution < 1.29 is 17.6 Å². The van der Waals surface area contributed by atoms with E-state index in [0.29, 0.717) is 16.7 Å². The van der Waals surface area contributed by atoms with E-state index in [0.717, 1.165) is 5.56 Å². The fourth-order valence-electron chi connectivity index (χ4n) is 4.88. The van der Waals surface area contributed by atoms with Crippen molar-refractivity contribution >= 4 is 15.9 Å². The van der Waals surface area contributed by atoms with E-state index in [-0.39, 0.29) is 17.3 Å². The van der Waals surface area contributed by atoms with Gasteiger partial charge in [0.2, 0.25) is 10.0 Å². The molecule has 5 nitrogen and oxygen atoms in total. The van der Waals surface area contributed by atoms with Gasteiger partial charge in [0, 0.05) is 23.7 Å². The number of fused-ring (bicyclic) bond motifs is 3. The number of amides is 1. The predicted octanol–water partition coefficient (Wildman–Crippen LogP) is 3.88. The highest BCUT2D eigenvalue weighted by atomic mass is 32.2. The van der Waals surface area contributed by atoms with Gasteiger partial charge in [-0.3, -0.25) is 4.79 Å². The predicted molar refractivity (Wildman–Crippen MR) is 114 cm³/mol. The summed E-state index contributed by atoms with van der Waals surface area (Å²) in [5.41, 5.74) is 1.16. The number of halogens is 1. The van der Waals surface area contributed by atoms with Crippen LogP contribution in [-0.4, -0.2) is 36.1 Å². The molecule has 158 valence electrons. The Balaban J connectivity index is 1.83. The summed E-state index contributed by atoms with van der Waals surface area (Å²) in [6, 6.07) is 19.0. The number of hydrogen-bond acceptors (Lipinski definition) is 3. The molecule has 2 aliphatic heterocycles. The van der Waals surface area contributed by atoms with Gasteiger partial charge in [-0.25, -0.2) is 12.8 Å². The number of nitrogens with zero attached hydrogens (tertiary/aromatic N) is 2. The lowest BCUT2D eigenvalue weighted by Gasteiger charge is -2.40. The van der Waals surface area contributed by atoms with Gasteiger partial charge in [0.05, 0.1) is 4.90 Å². The third-order valence-electron chi connectivity index (χ3n) is 6.16. The Morgan fingerprint density at radius 3 is 2.29 bits per heavy atom. The number of carbonyl (C=O) groups is 1. The second-order valence-corrected chi connectivity index (χ2v) is 9.92. The summed E-state index contributed by atoms with van der Waals surface area (Å²) in [7, 11) is -4.00. The van der Waals surface area contributed by atoms with Gasteiger partial charge in [-0.2, -0.15) is 4.31 Å². The number of carbonyl (C=O) groups excluding carboxylic acids is 1. The SMILES string of the molecule is Cc1ccc(S(=O)(=O)N2C(C)CN3C(=O)c4ccccc4C32c2ccc(F)cc2)cc1. The summed E-state index contributed by atoms with van der Waals surface area (Å²) in [5, 5.41) is 0. The van der Waals surface area contributed by atoms with Crippen LogP contribution < -0.4 is 0 Å². The average molecular weight is 437 g/mol. The summed E-state index contributed by atoms with van der Waals surface area (Å²) in [6.45, 7) is 3.92. The Labute approximate surface area is 180 Å². The minimum atomic E-state index is -4.00. The number of benzene rings is 3. The van der Waals surface area contributed by atoms with E-state index >= 15 is 0 Å². The Bertz CT molecular complexity index is 1290. The molecule has 2 atom stereocenters. The molecule has 5 rings (SSSR count). The standard InChI is InChI=1S/C24H21FN2O3S/c1-16-7-13-20(14-8-16)31(29,30)27-17(2)15-26-23(28)21-5-3-4-6-22(21)24(26,27)18-9-11-19(25)12-10-18/h3-14,17H,15H2,1-2H3. The van der Waals surface area contributed by atoms with Crippen LogP contribution in [0.1, 0.15) is 34.0 Å². The zero-order chi connectivity index (χ0) is 22.0. The molecule has 0 aromatic heterocycles. The first-order valence-electron chi connectivity index (χ1n) is 10.1. The highest BCUT2D eigenvalue weighted by molar-refractivity contribution is 7.89. The third kappa shape index (κ3) is 2.63. The molecule has 2 aliphatic rings. The maximum Gasteiger partial charge on any atom is 0.256 e. The summed E-state index contributed by atoms with van der Waals surface area (Å²) in [4.78, 5) is 15.1. The van der Waals surface area contributed by atoms with Crippen LogP contribution in [0.4, 0.5) is 4.39 Å². The molecule has 3 aromatic carbocycles. The average Bonchev–Trinajstić information content (AvgIpc) is 3.19. The topological polar surface area (TPSA) is 57.7 Å². The first-order valence-corrected chi connectivity index (χ1v) is 11.5. The van der Waals surface area contributed by atoms with Crippen molar-refractivity contribution in [1.29, 1.82) is 0 Å². The Kier molecular flexibility index (Phi) is 4.32. The van der Waals surface area contributed by atoms with Crippen LogP contribution >= 0.6 is 0 Å². The van der Waals surface area contributed by atoms with Crippen molar-refractivity contribution in [1.82, 2.24) is 9.21 Å². The van der Waals surface area contributed by atoms with Gasteiger partial charge in [0.15, 0.2) is 5.66 Å². The molecule has 0 spiro atoms. The molecule has 1 fully saturated rings. The molecule has 1 saturated heterocycles. The van der Waals surface area contributed by atoms with E-state index < -0.39 is 27.5 Å². The number of aryl methyl sites for hydroxylation is 1. The van der Waals surface area contributed by atoms with Gasteiger partial charge in [-0.05, 0) is 49.7 Å². The zero-order valence-corrected chi connectivity index (χ0v) is 17.9. The summed E-state index contributed by atoms with van der Waals surface area (Å²) >= 11 is 0. The van der Waals surface area contributed by atoms with Crippen molar-refractivity contribution in [2.24, 2.45) is 0 Å². The Hall–Kier alpha value is -3.03. The molecule has 2 unspecified atom stereocenters. The molecule has 0 bridgehead atoms. The lowest BCUT2D eigenvalue weighted by Crippen LogP contribution is -2.52. The second kappa shape index (κ2) is 6.73. The normalized spacial score (nSPS) is 23.1. The van der Waals surface area contributed by atoms with Crippen LogP contribution in [-0.2, 0) is 15.7 Å². The number of sulfonamides is 1. The summed E-state index contributed by atoms with van der Waals surface area (Å²) in [5.74, 6) is -0.656. The molecule has 7 heteroatoms. The van der Waals surface area contributed by atoms with Crippen molar-refractivity contribution in [2.75, 3.05) is 6.54 Å². The first kappa shape index (κ1) is 19.9. The maximum atomic E-state index is 14.0. The molecule has 0 saturated carbocycles. The van der Waals surface area contributed by atoms with Crippen LogP contribution in [0.5, 0.6) is 0 Å². The zero-order valence-electron chi connectivity index (χ0n) is 17.1. The molecule has 0 aliphatic carbocycles. The lowest BCUT2D eigenvalue weighted by molar-refractivity contribution is 0.0614. The highest BCUT2D eigenvalue weighted by Gasteiger charge is 2.64. The van der Waals surface area contributed by atoms with E-state index in [4.69, 9.17) is 0 Å². The van der Waals surface area contributed by atoms with Gasteiger partial charge < -0.3 is 4.90 Å². The molecule has 3 aromatic rings. The molecular weight excluding hydrogens is 415 g/mol. The molecule has 31 heavy (non-hydrogen) atoms. The van der Waals surface area contributed by atoms with Crippen LogP contribution in [0.3, 0.4) is 0 Å². The van der Waals surface area contributed by atoms with E-state index in [1.807, 2.05) is 6.92 Å². The van der Waals surface area contributed by atoms with E-state index in [2.05, 4.69) is 0 Å². The Morgan fingerprint density at radius 2 is 1.61 bits per heavy atom. The summed E-state index contributed by atoms with van der Waals surface area (Å²) < 4.78 is 43.2. The lowest BCUT2D eigenvalue weighted by atomic mass is 9.91. The van der Waals surface area contributed by atoms with E-state index in [1.54, 1.807) is 72.5 Å². The third-order valence-corrected chi connectivity index (χ3v) is 8.17. The van der Waals surface area contributed by atoms with Crippen molar-refractivity contribution in [3.63, 3.8) is 0 Å². The number of rotatable bonds is 3. The molecule has 1 amide bonds. The highest BCUT2D eigenvalue weighted by Crippen LogP contribution is 2.53. The quantitative estimate of drug-likeness (QED) is 0.626. The van der Waals surface area contributed by atoms with Crippen LogP contribution in [0.15, 0.2) is 77.7 Å². The summed E-state index contributed by atoms with van der Waals surface area (Å²) in [6.07, 6.45) is 0. The second-order valence-electron chi connectivity index (χ2n) is 8.10. The molecular formula is C24H21FN2O3S. The van der Waals surface area contributed by atoms with Gasteiger partial charge in [-0.15, -0.1) is 0 Å². The van der Waals surface area contributed by atoms with Gasteiger partial charge in [-0.1, -0.05) is 48.0 Å². The fraction of sp³-hybridized carbons (Fsp3) is 0.208. The molecule has 0 N–H and O–H groups in total. The van der Waals surface area contributed by atoms with Crippen LogP contribution in [0.25, 0.3) is 0 Å². The van der Waals surface area contributed by atoms with Gasteiger partial charge in [0.25, 0.3) is 5.91 Å². The molecule has 2 heterocycles. The van der Waals surface area contributed by atoms with Crippen LogP contribution in [0.2, 0.25) is 0 Å². The monoisotopic (exact) mass is 436 g/mol. The van der Waals surface area contributed by atoms with Gasteiger partial charge in [0.1, 0.15) is 5.82 Å². The van der Waals surface area contributed by atoms with Crippen molar-refractivity contribution in [3.8, 4) is 0 Å². The fourth-order valence-corrected chi connectivity index (χ4v) is 6.77.